The van der Waals surface area contributed by atoms with Gasteiger partial charge in [-0.1, -0.05) is 0 Å². The lowest BCUT2D eigenvalue weighted by molar-refractivity contribution is -0.937. The zero-order valence-electron chi connectivity index (χ0n) is 12.4. The first-order chi connectivity index (χ1) is 8.52. The zero-order valence-corrected chi connectivity index (χ0v) is 12.4. The molecule has 2 rings (SSSR count). The molecule has 2 saturated heterocycles. The first kappa shape index (κ1) is 14.3. The highest BCUT2D eigenvalue weighted by molar-refractivity contribution is 4.61. The van der Waals surface area contributed by atoms with Crippen LogP contribution in [0.15, 0.2) is 0 Å². The number of aliphatic hydroxyl groups is 1. The minimum atomic E-state index is -0.115. The van der Waals surface area contributed by atoms with Crippen LogP contribution in [0.4, 0.5) is 0 Å². The van der Waals surface area contributed by atoms with E-state index in [2.05, 4.69) is 14.1 Å². The van der Waals surface area contributed by atoms with E-state index in [0.717, 1.165) is 22.1 Å². The van der Waals surface area contributed by atoms with E-state index in [1.807, 2.05) is 0 Å². The Morgan fingerprint density at radius 1 is 0.722 bits per heavy atom. The van der Waals surface area contributed by atoms with Gasteiger partial charge in [0.2, 0.25) is 0 Å². The molecule has 0 saturated carbocycles. The van der Waals surface area contributed by atoms with Crippen LogP contribution < -0.4 is 0 Å². The number of rotatable bonds is 4. The van der Waals surface area contributed by atoms with Crippen LogP contribution >= 0.6 is 0 Å². The Morgan fingerprint density at radius 3 is 1.39 bits per heavy atom. The van der Waals surface area contributed by atoms with E-state index in [1.165, 1.54) is 64.7 Å². The summed E-state index contributed by atoms with van der Waals surface area (Å²) in [5.74, 6) is 0. The zero-order chi connectivity index (χ0) is 13.1. The standard InChI is InChI=1S/C15H32N2O/c1-16(9-5-3-6-10-16)13-15(18)14-17(2)11-7-4-8-12-17/h15,18H,3-14H2,1-2H3/q+2. The average molecular weight is 256 g/mol. The van der Waals surface area contributed by atoms with Crippen molar-refractivity contribution in [3.05, 3.63) is 0 Å². The molecule has 0 atom stereocenters. The summed E-state index contributed by atoms with van der Waals surface area (Å²) in [4.78, 5) is 0. The molecule has 0 bridgehead atoms. The normalized spacial score (nSPS) is 27.3. The summed E-state index contributed by atoms with van der Waals surface area (Å²) in [7, 11) is 4.66. The fourth-order valence-electron chi connectivity index (χ4n) is 3.99. The minimum absolute atomic E-state index is 0.115. The van der Waals surface area contributed by atoms with Crippen LogP contribution in [0.5, 0.6) is 0 Å². The van der Waals surface area contributed by atoms with Crippen molar-refractivity contribution in [2.45, 2.75) is 44.6 Å². The second-order valence-electron chi connectivity index (χ2n) is 7.27. The molecule has 0 aromatic rings. The van der Waals surface area contributed by atoms with E-state index in [0.29, 0.717) is 0 Å². The van der Waals surface area contributed by atoms with Crippen molar-refractivity contribution in [2.24, 2.45) is 0 Å². The number of quaternary nitrogens is 2. The second kappa shape index (κ2) is 5.89. The van der Waals surface area contributed by atoms with E-state index >= 15 is 0 Å². The summed E-state index contributed by atoms with van der Waals surface area (Å²) in [6.45, 7) is 6.99. The first-order valence-corrected chi connectivity index (χ1v) is 7.87. The predicted octanol–water partition coefficient (Wildman–Crippen LogP) is 1.61. The van der Waals surface area contributed by atoms with Crippen LogP contribution in [0.25, 0.3) is 0 Å². The van der Waals surface area contributed by atoms with Gasteiger partial charge in [-0.25, -0.2) is 0 Å². The molecule has 3 heteroatoms. The molecule has 0 aromatic heterocycles. The lowest BCUT2D eigenvalue weighted by Crippen LogP contribution is -2.58. The number of piperidine rings is 2. The Kier molecular flexibility index (Phi) is 4.68. The smallest absolute Gasteiger partial charge is 0.152 e. The highest BCUT2D eigenvalue weighted by Gasteiger charge is 2.33. The highest BCUT2D eigenvalue weighted by Crippen LogP contribution is 2.20. The van der Waals surface area contributed by atoms with Crippen LogP contribution in [0.3, 0.4) is 0 Å². The number of likely N-dealkylation sites (N-methyl/N-ethyl adjacent to an activating group) is 2. The van der Waals surface area contributed by atoms with E-state index in [4.69, 9.17) is 0 Å². The van der Waals surface area contributed by atoms with Crippen molar-refractivity contribution in [2.75, 3.05) is 53.4 Å². The van der Waals surface area contributed by atoms with Crippen molar-refractivity contribution >= 4 is 0 Å². The van der Waals surface area contributed by atoms with Gasteiger partial charge in [0.1, 0.15) is 13.1 Å². The summed E-state index contributed by atoms with van der Waals surface area (Å²) in [5.41, 5.74) is 0. The third-order valence-electron chi connectivity index (χ3n) is 5.09. The monoisotopic (exact) mass is 256 g/mol. The van der Waals surface area contributed by atoms with E-state index in [1.54, 1.807) is 0 Å². The summed E-state index contributed by atoms with van der Waals surface area (Å²) < 4.78 is 2.20. The summed E-state index contributed by atoms with van der Waals surface area (Å²) in [6, 6.07) is 0. The quantitative estimate of drug-likeness (QED) is 0.758. The average Bonchev–Trinajstić information content (AvgIpc) is 2.29. The SMILES string of the molecule is C[N+]1(CC(O)C[N+]2(C)CCCCC2)CCCCC1. The molecule has 106 valence electrons. The van der Waals surface area contributed by atoms with Gasteiger partial charge in [0.15, 0.2) is 6.10 Å². The van der Waals surface area contributed by atoms with Gasteiger partial charge >= 0.3 is 0 Å². The minimum Gasteiger partial charge on any atom is -0.382 e. The van der Waals surface area contributed by atoms with Crippen molar-refractivity contribution < 1.29 is 14.1 Å². The maximum absolute atomic E-state index is 10.5. The van der Waals surface area contributed by atoms with Crippen molar-refractivity contribution in [3.63, 3.8) is 0 Å². The Balaban J connectivity index is 1.81. The number of hydrogen-bond donors (Lipinski definition) is 1. The van der Waals surface area contributed by atoms with Crippen LogP contribution in [-0.2, 0) is 0 Å². The van der Waals surface area contributed by atoms with Gasteiger partial charge in [-0.2, -0.15) is 0 Å². The van der Waals surface area contributed by atoms with Crippen molar-refractivity contribution in [1.29, 1.82) is 0 Å². The van der Waals surface area contributed by atoms with Crippen LogP contribution in [-0.4, -0.2) is 73.5 Å². The molecule has 18 heavy (non-hydrogen) atoms. The molecule has 2 fully saturated rings. The van der Waals surface area contributed by atoms with Gasteiger partial charge in [0, 0.05) is 0 Å². The largest absolute Gasteiger partial charge is 0.382 e. The lowest BCUT2D eigenvalue weighted by atomic mass is 10.1. The molecule has 0 aromatic carbocycles. The third kappa shape index (κ3) is 3.94. The van der Waals surface area contributed by atoms with Crippen LogP contribution in [0, 0.1) is 0 Å². The number of hydrogen-bond acceptors (Lipinski definition) is 1. The molecule has 2 aliphatic heterocycles. The fraction of sp³-hybridized carbons (Fsp3) is 1.00. The Morgan fingerprint density at radius 2 is 1.06 bits per heavy atom. The molecule has 3 nitrogen and oxygen atoms in total. The Bertz CT molecular complexity index is 229. The molecule has 1 N–H and O–H groups in total. The van der Waals surface area contributed by atoms with E-state index < -0.39 is 0 Å². The first-order valence-electron chi connectivity index (χ1n) is 7.87. The van der Waals surface area contributed by atoms with E-state index in [9.17, 15) is 5.11 Å². The molecule has 0 spiro atoms. The topological polar surface area (TPSA) is 20.2 Å². The molecule has 0 radical (unpaired) electrons. The molecule has 0 unspecified atom stereocenters. The van der Waals surface area contributed by atoms with Gasteiger partial charge in [-0.3, -0.25) is 0 Å². The Labute approximate surface area is 113 Å². The lowest BCUT2D eigenvalue weighted by Gasteiger charge is -2.42. The molecule has 2 aliphatic rings. The van der Waals surface area contributed by atoms with Crippen LogP contribution in [0.1, 0.15) is 38.5 Å². The number of nitrogens with zero attached hydrogens (tertiary/aromatic N) is 2. The maximum Gasteiger partial charge on any atom is 0.152 e. The summed E-state index contributed by atoms with van der Waals surface area (Å²) in [5, 5.41) is 10.5. The van der Waals surface area contributed by atoms with Crippen molar-refractivity contribution in [3.8, 4) is 0 Å². The molecule has 0 amide bonds. The van der Waals surface area contributed by atoms with Gasteiger partial charge in [0.25, 0.3) is 0 Å². The fourth-order valence-corrected chi connectivity index (χ4v) is 3.99. The number of likely N-dealkylation sites (tertiary alicyclic amines) is 2. The molecular weight excluding hydrogens is 224 g/mol. The molecular formula is C15H32N2O+2. The van der Waals surface area contributed by atoms with Crippen molar-refractivity contribution in [1.82, 2.24) is 0 Å². The third-order valence-corrected chi connectivity index (χ3v) is 5.09. The summed E-state index contributed by atoms with van der Waals surface area (Å²) in [6.07, 6.45) is 8.03. The predicted molar refractivity (Wildman–Crippen MR) is 75.3 cm³/mol. The maximum atomic E-state index is 10.5. The molecule has 0 aliphatic carbocycles. The van der Waals surface area contributed by atoms with Gasteiger partial charge < -0.3 is 14.1 Å². The Hall–Kier alpha value is -0.120. The molecule has 2 heterocycles. The number of aliphatic hydroxyl groups excluding tert-OH is 1. The highest BCUT2D eigenvalue weighted by atomic mass is 16.3. The van der Waals surface area contributed by atoms with Crippen LogP contribution in [0.2, 0.25) is 0 Å². The van der Waals surface area contributed by atoms with Gasteiger partial charge in [-0.05, 0) is 38.5 Å². The van der Waals surface area contributed by atoms with Gasteiger partial charge in [-0.15, -0.1) is 0 Å². The van der Waals surface area contributed by atoms with E-state index in [-0.39, 0.29) is 6.10 Å². The van der Waals surface area contributed by atoms with Gasteiger partial charge in [0.05, 0.1) is 40.3 Å². The summed E-state index contributed by atoms with van der Waals surface area (Å²) >= 11 is 0. The second-order valence-corrected chi connectivity index (χ2v) is 7.27.